The van der Waals surface area contributed by atoms with Crippen LogP contribution in [0.15, 0.2) is 0 Å². The van der Waals surface area contributed by atoms with Gasteiger partial charge in [0.25, 0.3) is 0 Å². The maximum absolute atomic E-state index is 13.5. The average Bonchev–Trinajstić information content (AvgIpc) is 3.49. The van der Waals surface area contributed by atoms with Gasteiger partial charge in [-0.15, -0.1) is 0 Å². The Morgan fingerprint density at radius 3 is 1.89 bits per heavy atom. The van der Waals surface area contributed by atoms with Gasteiger partial charge in [-0.05, 0) is 38.5 Å². The highest BCUT2D eigenvalue weighted by Gasteiger charge is 2.40. The summed E-state index contributed by atoms with van der Waals surface area (Å²) in [7, 11) is 0. The second kappa shape index (κ2) is 19.0. The van der Waals surface area contributed by atoms with E-state index in [1.165, 1.54) is 6.92 Å². The topological polar surface area (TPSA) is 318 Å². The normalized spacial score (nSPS) is 18.0. The number of carboxylic acid groups (broad SMARTS) is 3. The summed E-state index contributed by atoms with van der Waals surface area (Å²) in [6.45, 7) is 4.61. The van der Waals surface area contributed by atoms with Crippen LogP contribution in [0.2, 0.25) is 0 Å². The van der Waals surface area contributed by atoms with Crippen LogP contribution in [-0.2, 0) is 43.2 Å². The number of nitrogens with one attached hydrogen (secondary N) is 4. The van der Waals surface area contributed by atoms with Gasteiger partial charge in [0.15, 0.2) is 0 Å². The summed E-state index contributed by atoms with van der Waals surface area (Å²) >= 11 is 0. The molecule has 11 N–H and O–H groups in total. The molecule has 47 heavy (non-hydrogen) atoms. The molecule has 1 aliphatic heterocycles. The second-order valence-electron chi connectivity index (χ2n) is 11.4. The van der Waals surface area contributed by atoms with Crippen LogP contribution in [0.1, 0.15) is 72.1 Å². The first-order valence-electron chi connectivity index (χ1n) is 15.1. The van der Waals surface area contributed by atoms with Crippen LogP contribution in [0.5, 0.6) is 0 Å². The van der Waals surface area contributed by atoms with E-state index in [-0.39, 0.29) is 19.4 Å². The number of carbonyl (C=O) groups is 9. The maximum atomic E-state index is 13.5. The van der Waals surface area contributed by atoms with Gasteiger partial charge in [-0.1, -0.05) is 20.3 Å². The smallest absolute Gasteiger partial charge is 0.326 e. The number of carbonyl (C=O) groups excluding carboxylic acids is 6. The van der Waals surface area contributed by atoms with Gasteiger partial charge in [-0.25, -0.2) is 4.79 Å². The Morgan fingerprint density at radius 1 is 0.787 bits per heavy atom. The van der Waals surface area contributed by atoms with Gasteiger partial charge in [-0.3, -0.25) is 38.4 Å². The molecule has 264 valence electrons. The van der Waals surface area contributed by atoms with Crippen LogP contribution < -0.4 is 32.7 Å². The quantitative estimate of drug-likeness (QED) is 0.0624. The fourth-order valence-electron chi connectivity index (χ4n) is 4.74. The zero-order valence-corrected chi connectivity index (χ0v) is 26.5. The molecular weight excluding hydrogens is 626 g/mol. The molecule has 7 atom stereocenters. The van der Waals surface area contributed by atoms with Crippen LogP contribution in [0.25, 0.3) is 0 Å². The predicted molar refractivity (Wildman–Crippen MR) is 161 cm³/mol. The third kappa shape index (κ3) is 13.2. The van der Waals surface area contributed by atoms with Crippen molar-refractivity contribution >= 4 is 53.4 Å². The molecule has 19 heteroatoms. The van der Waals surface area contributed by atoms with Gasteiger partial charge in [0.2, 0.25) is 35.4 Å². The number of amides is 6. The fraction of sp³-hybridized carbons (Fsp3) is 0.679. The van der Waals surface area contributed by atoms with E-state index in [4.69, 9.17) is 16.6 Å². The monoisotopic (exact) mass is 671 g/mol. The van der Waals surface area contributed by atoms with E-state index in [1.807, 2.05) is 0 Å². The van der Waals surface area contributed by atoms with Crippen molar-refractivity contribution in [2.75, 3.05) is 6.54 Å². The van der Waals surface area contributed by atoms with E-state index in [9.17, 15) is 53.4 Å². The lowest BCUT2D eigenvalue weighted by atomic mass is 9.96. The van der Waals surface area contributed by atoms with Gasteiger partial charge >= 0.3 is 17.9 Å². The maximum Gasteiger partial charge on any atom is 0.326 e. The molecule has 0 spiro atoms. The predicted octanol–water partition coefficient (Wildman–Crippen LogP) is -3.00. The first-order valence-corrected chi connectivity index (χ1v) is 15.1. The lowest BCUT2D eigenvalue weighted by Gasteiger charge is -2.30. The molecule has 19 nitrogen and oxygen atoms in total. The van der Waals surface area contributed by atoms with Crippen molar-refractivity contribution in [3.8, 4) is 0 Å². The van der Waals surface area contributed by atoms with E-state index in [0.717, 1.165) is 4.90 Å². The number of carboxylic acids is 3. The summed E-state index contributed by atoms with van der Waals surface area (Å²) in [5.41, 5.74) is 10.9. The lowest BCUT2D eigenvalue weighted by Crippen LogP contribution is -2.60. The molecular formula is C28H45N7O12. The molecule has 0 aromatic carbocycles. The number of rotatable bonds is 20. The summed E-state index contributed by atoms with van der Waals surface area (Å²) in [5.74, 6) is -9.77. The zero-order chi connectivity index (χ0) is 36.0. The van der Waals surface area contributed by atoms with Gasteiger partial charge in [0.05, 0.1) is 12.5 Å². The van der Waals surface area contributed by atoms with Crippen molar-refractivity contribution in [1.29, 1.82) is 0 Å². The molecule has 1 heterocycles. The Bertz CT molecular complexity index is 1210. The molecule has 6 amide bonds. The van der Waals surface area contributed by atoms with E-state index < -0.39 is 121 Å². The Hall–Kier alpha value is -4.81. The first-order chi connectivity index (χ1) is 21.9. The minimum Gasteiger partial charge on any atom is -0.481 e. The van der Waals surface area contributed by atoms with Gasteiger partial charge < -0.3 is 53.0 Å². The average molecular weight is 672 g/mol. The minimum atomic E-state index is -1.54. The number of hydrogen-bond acceptors (Lipinski definition) is 10. The highest BCUT2D eigenvalue weighted by Crippen LogP contribution is 2.20. The van der Waals surface area contributed by atoms with Gasteiger partial charge in [0.1, 0.15) is 30.2 Å². The van der Waals surface area contributed by atoms with E-state index in [2.05, 4.69) is 21.3 Å². The number of primary amides is 1. The van der Waals surface area contributed by atoms with E-state index in [1.54, 1.807) is 13.8 Å². The summed E-state index contributed by atoms with van der Waals surface area (Å²) in [4.78, 5) is 112. The van der Waals surface area contributed by atoms with Crippen molar-refractivity contribution in [2.24, 2.45) is 17.4 Å². The van der Waals surface area contributed by atoms with Crippen LogP contribution in [0.3, 0.4) is 0 Å². The van der Waals surface area contributed by atoms with Gasteiger partial charge in [0, 0.05) is 19.4 Å². The highest BCUT2D eigenvalue weighted by molar-refractivity contribution is 5.97. The Morgan fingerprint density at radius 2 is 1.36 bits per heavy atom. The van der Waals surface area contributed by atoms with Crippen molar-refractivity contribution in [1.82, 2.24) is 26.2 Å². The van der Waals surface area contributed by atoms with Crippen molar-refractivity contribution < 1.29 is 58.5 Å². The summed E-state index contributed by atoms with van der Waals surface area (Å²) in [6, 6.07) is -8.11. The summed E-state index contributed by atoms with van der Waals surface area (Å²) in [5, 5.41) is 36.9. The van der Waals surface area contributed by atoms with Crippen LogP contribution in [0.4, 0.5) is 0 Å². The molecule has 0 bridgehead atoms. The first kappa shape index (κ1) is 40.2. The zero-order valence-electron chi connectivity index (χ0n) is 26.5. The molecule has 1 saturated heterocycles. The van der Waals surface area contributed by atoms with Crippen molar-refractivity contribution in [2.45, 2.75) is 108 Å². The number of nitrogens with two attached hydrogens (primary N) is 2. The highest BCUT2D eigenvalue weighted by atomic mass is 16.4. The third-order valence-corrected chi connectivity index (χ3v) is 7.67. The van der Waals surface area contributed by atoms with Crippen LogP contribution in [-0.4, -0.2) is 116 Å². The molecule has 1 fully saturated rings. The summed E-state index contributed by atoms with van der Waals surface area (Å²) < 4.78 is 0. The lowest BCUT2D eigenvalue weighted by molar-refractivity contribution is -0.150. The number of likely N-dealkylation sites (tertiary alicyclic amines) is 1. The largest absolute Gasteiger partial charge is 0.481 e. The molecule has 1 rings (SSSR count). The number of nitrogens with zero attached hydrogens (tertiary/aromatic N) is 1. The minimum absolute atomic E-state index is 0.0740. The van der Waals surface area contributed by atoms with Crippen molar-refractivity contribution in [3.63, 3.8) is 0 Å². The fourth-order valence-corrected chi connectivity index (χ4v) is 4.74. The number of aliphatic carboxylic acids is 3. The molecule has 1 aliphatic rings. The van der Waals surface area contributed by atoms with Crippen molar-refractivity contribution in [3.05, 3.63) is 0 Å². The molecule has 0 aromatic heterocycles. The number of hydrogen-bond donors (Lipinski definition) is 9. The third-order valence-electron chi connectivity index (χ3n) is 7.67. The molecule has 0 unspecified atom stereocenters. The van der Waals surface area contributed by atoms with E-state index >= 15 is 0 Å². The van der Waals surface area contributed by atoms with E-state index in [0.29, 0.717) is 12.8 Å². The SMILES string of the molecule is CC[C@H](C)[C@H](NC(=O)[C@H](CCC(=O)O)NC(=O)[C@H](C)NC(=O)[C@@H](N)CCC(=O)O)C(=O)N[C@@H](CC(N)=O)C(=O)N1CCC[C@H]1C(=O)O. The molecule has 0 saturated carbocycles. The molecule has 0 aliphatic carbocycles. The molecule has 0 radical (unpaired) electrons. The van der Waals surface area contributed by atoms with Crippen LogP contribution >= 0.6 is 0 Å². The standard InChI is InChI=1S/C28H45N7O12/c1-4-13(2)22(26(44)33-17(12-19(30)36)27(45)35-11-5-6-18(35)28(46)47)34-25(43)16(8-10-21(39)40)32-23(41)14(3)31-24(42)15(29)7-9-20(37)38/h13-18,22H,4-12,29H2,1-3H3,(H2,30,36)(H,31,42)(H,32,41)(H,33,44)(H,34,43)(H,37,38)(H,39,40)(H,46,47)/t13-,14-,15-,16-,17-,18-,22-/m0/s1. The second-order valence-corrected chi connectivity index (χ2v) is 11.4. The Kier molecular flexibility index (Phi) is 16.2. The Balaban J connectivity index is 3.14. The Labute approximate surface area is 270 Å². The van der Waals surface area contributed by atoms with Crippen LogP contribution in [0, 0.1) is 5.92 Å². The van der Waals surface area contributed by atoms with Gasteiger partial charge in [-0.2, -0.15) is 0 Å². The summed E-state index contributed by atoms with van der Waals surface area (Å²) in [6.07, 6.45) is -1.38. The molecule has 0 aromatic rings.